The predicted octanol–water partition coefficient (Wildman–Crippen LogP) is 5.03. The monoisotopic (exact) mass is 362 g/mol. The molecule has 2 heterocycles. The Hall–Kier alpha value is -3.08. The van der Waals surface area contributed by atoms with Crippen molar-refractivity contribution in [1.82, 2.24) is 10.3 Å². The number of fused-ring (bicyclic) bond motifs is 2. The van der Waals surface area contributed by atoms with Crippen LogP contribution in [0.15, 0.2) is 59.1 Å². The summed E-state index contributed by atoms with van der Waals surface area (Å²) in [4.78, 5) is 16.0. The highest BCUT2D eigenvalue weighted by Gasteiger charge is 2.45. The molecule has 4 aromatic rings. The Kier molecular flexibility index (Phi) is 3.57. The molecule has 1 amide bonds. The average Bonchev–Trinajstić information content (AvgIpc) is 3.16. The van der Waals surface area contributed by atoms with Crippen molar-refractivity contribution in [3.63, 3.8) is 0 Å². The van der Waals surface area contributed by atoms with E-state index in [4.69, 9.17) is 4.42 Å². The van der Waals surface area contributed by atoms with Crippen LogP contribution in [0.5, 0.6) is 0 Å². The van der Waals surface area contributed by atoms with Crippen LogP contribution < -0.4 is 5.32 Å². The van der Waals surface area contributed by atoms with E-state index >= 15 is 0 Å². The molecular weight excluding hydrogens is 343 g/mol. The molecule has 4 nitrogen and oxygen atoms in total. The fraction of sp³-hybridized carbons (Fsp3) is 0.227. The van der Waals surface area contributed by atoms with Gasteiger partial charge >= 0.3 is 0 Å². The summed E-state index contributed by atoms with van der Waals surface area (Å²) in [6.07, 6.45) is 2.87. The van der Waals surface area contributed by atoms with Gasteiger partial charge in [0.1, 0.15) is 17.2 Å². The molecule has 27 heavy (non-hydrogen) atoms. The van der Waals surface area contributed by atoms with E-state index in [2.05, 4.69) is 16.4 Å². The number of H-pyrrole nitrogens is 1. The molecule has 0 aliphatic heterocycles. The van der Waals surface area contributed by atoms with Gasteiger partial charge in [0, 0.05) is 28.4 Å². The summed E-state index contributed by atoms with van der Waals surface area (Å²) in [6.45, 7) is 1.88. The van der Waals surface area contributed by atoms with Gasteiger partial charge in [-0.1, -0.05) is 18.2 Å². The maximum absolute atomic E-state index is 13.3. The van der Waals surface area contributed by atoms with E-state index in [1.165, 1.54) is 23.1 Å². The molecule has 1 aliphatic rings. The summed E-state index contributed by atoms with van der Waals surface area (Å²) >= 11 is 0. The van der Waals surface area contributed by atoms with Crippen LogP contribution >= 0.6 is 0 Å². The van der Waals surface area contributed by atoms with Crippen LogP contribution in [-0.2, 0) is 4.79 Å². The van der Waals surface area contributed by atoms with Gasteiger partial charge in [0.05, 0.1) is 6.04 Å². The minimum absolute atomic E-state index is 0.0199. The maximum atomic E-state index is 13.3. The molecule has 0 radical (unpaired) electrons. The lowest BCUT2D eigenvalue weighted by molar-refractivity contribution is -0.123. The molecule has 2 N–H and O–H groups in total. The first-order valence-electron chi connectivity index (χ1n) is 9.15. The molecule has 1 saturated carbocycles. The third-order valence-electron chi connectivity index (χ3n) is 5.43. The van der Waals surface area contributed by atoms with Crippen molar-refractivity contribution in [3.05, 3.63) is 71.9 Å². The number of nitrogens with one attached hydrogen (secondary N) is 2. The maximum Gasteiger partial charge on any atom is 0.224 e. The molecule has 0 bridgehead atoms. The van der Waals surface area contributed by atoms with Gasteiger partial charge in [-0.15, -0.1) is 0 Å². The zero-order valence-electron chi connectivity index (χ0n) is 14.8. The first-order chi connectivity index (χ1) is 13.1. The minimum Gasteiger partial charge on any atom is -0.459 e. The summed E-state index contributed by atoms with van der Waals surface area (Å²) < 4.78 is 19.1. The fourth-order valence-electron chi connectivity index (χ4n) is 3.87. The number of benzene rings is 2. The molecule has 2 aromatic carbocycles. The number of aromatic nitrogens is 1. The number of rotatable bonds is 4. The van der Waals surface area contributed by atoms with Crippen molar-refractivity contribution in [2.75, 3.05) is 0 Å². The highest BCUT2D eigenvalue weighted by Crippen LogP contribution is 2.49. The summed E-state index contributed by atoms with van der Waals surface area (Å²) in [5, 5.41) is 4.93. The summed E-state index contributed by atoms with van der Waals surface area (Å²) in [7, 11) is 0. The first-order valence-corrected chi connectivity index (χ1v) is 9.15. The molecule has 1 fully saturated rings. The first kappa shape index (κ1) is 16.1. The molecule has 1 aliphatic carbocycles. The Morgan fingerprint density at radius 1 is 1.26 bits per heavy atom. The van der Waals surface area contributed by atoms with Crippen molar-refractivity contribution >= 4 is 27.8 Å². The largest absolute Gasteiger partial charge is 0.459 e. The summed E-state index contributed by atoms with van der Waals surface area (Å²) in [5.74, 6) is 0.593. The number of hydrogen-bond acceptors (Lipinski definition) is 2. The topological polar surface area (TPSA) is 58.0 Å². The second kappa shape index (κ2) is 5.98. The molecule has 3 atom stereocenters. The molecule has 136 valence electrons. The second-order valence-electron chi connectivity index (χ2n) is 7.30. The van der Waals surface area contributed by atoms with Gasteiger partial charge in [-0.3, -0.25) is 4.79 Å². The van der Waals surface area contributed by atoms with Crippen LogP contribution in [0.2, 0.25) is 0 Å². The van der Waals surface area contributed by atoms with E-state index in [9.17, 15) is 9.18 Å². The van der Waals surface area contributed by atoms with Gasteiger partial charge in [-0.25, -0.2) is 4.39 Å². The quantitative estimate of drug-likeness (QED) is 0.535. The number of hydrogen-bond donors (Lipinski definition) is 2. The SMILES string of the molecule is C[C@@H](NC(=O)[C@H]1C[C@@H]1c1c[nH]c2ccccc12)c1cc2cc(F)ccc2o1. The minimum atomic E-state index is -0.300. The smallest absolute Gasteiger partial charge is 0.224 e. The third-order valence-corrected chi connectivity index (χ3v) is 5.43. The molecule has 5 heteroatoms. The molecule has 2 aromatic heterocycles. The van der Waals surface area contributed by atoms with Crippen molar-refractivity contribution in [3.8, 4) is 0 Å². The van der Waals surface area contributed by atoms with Crippen molar-refractivity contribution in [1.29, 1.82) is 0 Å². The fourth-order valence-corrected chi connectivity index (χ4v) is 3.87. The lowest BCUT2D eigenvalue weighted by Crippen LogP contribution is -2.28. The zero-order chi connectivity index (χ0) is 18.5. The van der Waals surface area contributed by atoms with Crippen LogP contribution in [0.1, 0.15) is 36.6 Å². The third kappa shape index (κ3) is 2.79. The number of para-hydroxylation sites is 1. The van der Waals surface area contributed by atoms with E-state index in [0.717, 1.165) is 11.9 Å². The van der Waals surface area contributed by atoms with Gasteiger partial charge in [-0.2, -0.15) is 0 Å². The zero-order valence-corrected chi connectivity index (χ0v) is 14.8. The van der Waals surface area contributed by atoms with Gasteiger partial charge in [0.25, 0.3) is 0 Å². The van der Waals surface area contributed by atoms with Crippen molar-refractivity contribution < 1.29 is 13.6 Å². The van der Waals surface area contributed by atoms with E-state index in [1.54, 1.807) is 12.1 Å². The Bertz CT molecular complexity index is 1160. The number of aromatic amines is 1. The lowest BCUT2D eigenvalue weighted by atomic mass is 10.1. The summed E-state index contributed by atoms with van der Waals surface area (Å²) in [5.41, 5.74) is 2.93. The van der Waals surface area contributed by atoms with Crippen molar-refractivity contribution in [2.24, 2.45) is 5.92 Å². The molecule has 0 saturated heterocycles. The number of carbonyl (C=O) groups is 1. The highest BCUT2D eigenvalue weighted by atomic mass is 19.1. The van der Waals surface area contributed by atoms with Gasteiger partial charge in [0.15, 0.2) is 0 Å². The highest BCUT2D eigenvalue weighted by molar-refractivity contribution is 5.88. The number of halogens is 1. The Morgan fingerprint density at radius 3 is 3.00 bits per heavy atom. The summed E-state index contributed by atoms with van der Waals surface area (Å²) in [6, 6.07) is 14.1. The van der Waals surface area contributed by atoms with Crippen LogP contribution in [0.25, 0.3) is 21.9 Å². The predicted molar refractivity (Wildman–Crippen MR) is 102 cm³/mol. The van der Waals surface area contributed by atoms with E-state index < -0.39 is 0 Å². The van der Waals surface area contributed by atoms with Crippen molar-refractivity contribution in [2.45, 2.75) is 25.3 Å². The molecular formula is C22H19FN2O2. The number of furan rings is 1. The lowest BCUT2D eigenvalue weighted by Gasteiger charge is -2.11. The Morgan fingerprint density at radius 2 is 2.11 bits per heavy atom. The van der Waals surface area contributed by atoms with Gasteiger partial charge in [0.2, 0.25) is 5.91 Å². The molecule has 0 spiro atoms. The molecule has 5 rings (SSSR count). The van der Waals surface area contributed by atoms with Crippen LogP contribution in [-0.4, -0.2) is 10.9 Å². The van der Waals surface area contributed by atoms with Gasteiger partial charge in [-0.05, 0) is 55.2 Å². The van der Waals surface area contributed by atoms with Crippen LogP contribution in [0.4, 0.5) is 4.39 Å². The standard InChI is InChI=1S/C22H19FN2O2/c1-12(21-9-13-8-14(23)6-7-20(13)27-21)25-22(26)17-10-16(17)18-11-24-19-5-3-2-4-15(18)19/h2-9,11-12,16-17,24H,10H2,1H3,(H,25,26)/t12-,16+,17+/m1/s1. The number of amides is 1. The van der Waals surface area contributed by atoms with Crippen LogP contribution in [0.3, 0.4) is 0 Å². The molecule has 0 unspecified atom stereocenters. The van der Waals surface area contributed by atoms with E-state index in [0.29, 0.717) is 16.7 Å². The Labute approximate surface area is 155 Å². The van der Waals surface area contributed by atoms with Gasteiger partial charge < -0.3 is 14.7 Å². The van der Waals surface area contributed by atoms with Crippen LogP contribution in [0, 0.1) is 11.7 Å². The second-order valence-corrected chi connectivity index (χ2v) is 7.30. The van der Waals surface area contributed by atoms with E-state index in [-0.39, 0.29) is 29.6 Å². The number of carbonyl (C=O) groups excluding carboxylic acids is 1. The average molecular weight is 362 g/mol. The Balaban J connectivity index is 1.30. The normalized spacial score (nSPS) is 20.1. The van der Waals surface area contributed by atoms with E-state index in [1.807, 2.05) is 31.3 Å².